The highest BCUT2D eigenvalue weighted by molar-refractivity contribution is 5.97. The number of imidazole rings is 2. The third-order valence-corrected chi connectivity index (χ3v) is 8.97. The quantitative estimate of drug-likeness (QED) is 0.131. The topological polar surface area (TPSA) is 91.9 Å². The first kappa shape index (κ1) is 37.6. The number of rotatable bonds is 2. The van der Waals surface area contributed by atoms with Crippen LogP contribution in [0.4, 0.5) is 39.5 Å². The molecule has 6 rings (SSSR count). The number of benzene rings is 4. The molecule has 0 aliphatic heterocycles. The summed E-state index contributed by atoms with van der Waals surface area (Å²) in [7, 11) is 2.73. The second kappa shape index (κ2) is 13.1. The minimum absolute atomic E-state index is 0.0408. The Morgan fingerprint density at radius 3 is 1.55 bits per heavy atom. The molecule has 2 aromatic heterocycles. The first-order valence-corrected chi connectivity index (χ1v) is 15.5. The van der Waals surface area contributed by atoms with Gasteiger partial charge in [-0.25, -0.2) is 9.97 Å². The van der Waals surface area contributed by atoms with Gasteiger partial charge in [0.25, 0.3) is 0 Å². The van der Waals surface area contributed by atoms with E-state index in [2.05, 4.69) is 19.7 Å². The number of fused-ring (bicyclic) bond motifs is 2. The van der Waals surface area contributed by atoms with Crippen molar-refractivity contribution in [3.8, 4) is 34.4 Å². The average Bonchev–Trinajstić information content (AvgIpc) is 3.63. The molecular formula is C38H19F9N8. The van der Waals surface area contributed by atoms with Crippen LogP contribution in [0.25, 0.3) is 65.4 Å². The fourth-order valence-electron chi connectivity index (χ4n) is 6.57. The lowest BCUT2D eigenvalue weighted by atomic mass is 9.90. The molecule has 17 heteroatoms. The van der Waals surface area contributed by atoms with Crippen LogP contribution >= 0.6 is 0 Å². The van der Waals surface area contributed by atoms with Crippen molar-refractivity contribution in [3.63, 3.8) is 0 Å². The minimum Gasteiger partial charge on any atom is -0.329 e. The molecule has 0 saturated carbocycles. The Morgan fingerprint density at radius 1 is 0.636 bits per heavy atom. The van der Waals surface area contributed by atoms with E-state index in [1.54, 1.807) is 12.1 Å². The molecule has 2 heterocycles. The molecule has 55 heavy (non-hydrogen) atoms. The van der Waals surface area contributed by atoms with Gasteiger partial charge in [-0.2, -0.15) is 59.7 Å². The Morgan fingerprint density at radius 2 is 1.09 bits per heavy atom. The van der Waals surface area contributed by atoms with Gasteiger partial charge in [-0.3, -0.25) is 0 Å². The predicted molar refractivity (Wildman–Crippen MR) is 180 cm³/mol. The van der Waals surface area contributed by atoms with E-state index in [4.69, 9.17) is 13.1 Å². The number of nitrogens with zero attached hydrogens (tertiary/aromatic N) is 8. The van der Waals surface area contributed by atoms with E-state index in [9.17, 15) is 50.0 Å². The van der Waals surface area contributed by atoms with Gasteiger partial charge in [0.05, 0.1) is 38.8 Å². The van der Waals surface area contributed by atoms with E-state index in [1.165, 1.54) is 49.9 Å². The van der Waals surface area contributed by atoms with Crippen LogP contribution in [0, 0.1) is 53.2 Å². The summed E-state index contributed by atoms with van der Waals surface area (Å²) in [5, 5.41) is 19.3. The highest BCUT2D eigenvalue weighted by atomic mass is 19.4. The molecule has 0 bridgehead atoms. The number of nitriles is 2. The number of aromatic nitrogens is 4. The number of alkyl halides is 9. The first-order chi connectivity index (χ1) is 25.8. The molecule has 4 aromatic carbocycles. The maximum Gasteiger partial charge on any atom is 0.562 e. The standard InChI is InChI=1S/C38H19F9N8/c1-18-14-20(36(39,40)41)6-8-22(18)29-23(10-13-28-31(29)55(5)35(53-28)33(50-2)51-3)24-11-12-27-32(54(4)34(52-27)19(16-48)17-49)30(24)25-9-7-21(37(42,43)44)15-26(25)38(45,46)47/h6-15H,1,4-5H3/b24-23+. The van der Waals surface area contributed by atoms with Crippen LogP contribution in [0.1, 0.15) is 22.3 Å². The molecule has 0 atom stereocenters. The molecule has 8 nitrogen and oxygen atoms in total. The lowest BCUT2D eigenvalue weighted by Gasteiger charge is -2.18. The molecule has 0 spiro atoms. The van der Waals surface area contributed by atoms with Crippen LogP contribution in [0.15, 0.2) is 60.7 Å². The molecule has 0 aliphatic carbocycles. The largest absolute Gasteiger partial charge is 0.562 e. The van der Waals surface area contributed by atoms with Crippen LogP contribution in [-0.4, -0.2) is 19.1 Å². The third-order valence-electron chi connectivity index (χ3n) is 8.97. The molecule has 0 N–H and O–H groups in total. The second-order valence-electron chi connectivity index (χ2n) is 12.1. The van der Waals surface area contributed by atoms with Crippen molar-refractivity contribution in [2.75, 3.05) is 0 Å². The van der Waals surface area contributed by atoms with Gasteiger partial charge in [-0.15, -0.1) is 0 Å². The van der Waals surface area contributed by atoms with Crippen molar-refractivity contribution in [2.24, 2.45) is 14.1 Å². The molecule has 0 fully saturated rings. The van der Waals surface area contributed by atoms with Gasteiger partial charge in [0, 0.05) is 25.2 Å². The number of hydrogen-bond donors (Lipinski definition) is 0. The van der Waals surface area contributed by atoms with Gasteiger partial charge in [0.2, 0.25) is 5.48 Å². The van der Waals surface area contributed by atoms with Crippen molar-refractivity contribution in [3.05, 3.63) is 127 Å². The summed E-state index contributed by atoms with van der Waals surface area (Å²) in [6, 6.07) is 12.7. The molecule has 274 valence electrons. The van der Waals surface area contributed by atoms with Crippen molar-refractivity contribution in [2.45, 2.75) is 25.5 Å². The fraction of sp³-hybridized carbons (Fsp3) is 0.158. The molecule has 0 unspecified atom stereocenters. The van der Waals surface area contributed by atoms with Gasteiger partial charge in [-0.05, 0) is 70.4 Å². The van der Waals surface area contributed by atoms with E-state index in [0.717, 1.165) is 22.8 Å². The van der Waals surface area contributed by atoms with Gasteiger partial charge in [-0.1, -0.05) is 24.3 Å². The van der Waals surface area contributed by atoms with E-state index >= 15 is 0 Å². The summed E-state index contributed by atoms with van der Waals surface area (Å²) >= 11 is 0. The monoisotopic (exact) mass is 758 g/mol. The lowest BCUT2D eigenvalue weighted by molar-refractivity contribution is -0.143. The summed E-state index contributed by atoms with van der Waals surface area (Å²) < 4.78 is 130. The summed E-state index contributed by atoms with van der Waals surface area (Å²) in [5.41, 5.74) is -5.83. The fourth-order valence-corrected chi connectivity index (χ4v) is 6.57. The van der Waals surface area contributed by atoms with Crippen molar-refractivity contribution < 1.29 is 39.5 Å². The van der Waals surface area contributed by atoms with Crippen LogP contribution in [0.2, 0.25) is 0 Å². The zero-order valence-electron chi connectivity index (χ0n) is 28.3. The van der Waals surface area contributed by atoms with Crippen molar-refractivity contribution >= 4 is 33.5 Å². The number of halogens is 9. The van der Waals surface area contributed by atoms with Crippen molar-refractivity contribution in [1.82, 2.24) is 19.1 Å². The molecule has 0 amide bonds. The third kappa shape index (κ3) is 6.26. The van der Waals surface area contributed by atoms with Gasteiger partial charge in [0.15, 0.2) is 11.1 Å². The summed E-state index contributed by atoms with van der Waals surface area (Å²) in [4.78, 5) is 15.1. The summed E-state index contributed by atoms with van der Waals surface area (Å²) in [6.07, 6.45) is -15.3. The van der Waals surface area contributed by atoms with Crippen LogP contribution in [-0.2, 0) is 32.6 Å². The van der Waals surface area contributed by atoms with Gasteiger partial charge < -0.3 is 9.13 Å². The number of hydrogen-bond acceptors (Lipinski definition) is 4. The smallest absolute Gasteiger partial charge is 0.329 e. The zero-order chi connectivity index (χ0) is 40.4. The lowest BCUT2D eigenvalue weighted by Crippen LogP contribution is -2.18. The van der Waals surface area contributed by atoms with E-state index in [-0.39, 0.29) is 71.8 Å². The average molecular weight is 759 g/mol. The van der Waals surface area contributed by atoms with Gasteiger partial charge >= 0.3 is 24.3 Å². The van der Waals surface area contributed by atoms with Crippen molar-refractivity contribution in [1.29, 1.82) is 10.5 Å². The van der Waals surface area contributed by atoms with Crippen LogP contribution in [0.5, 0.6) is 0 Å². The van der Waals surface area contributed by atoms with E-state index in [1.807, 2.05) is 0 Å². The molecule has 0 saturated heterocycles. The van der Waals surface area contributed by atoms with Gasteiger partial charge in [0.1, 0.15) is 25.3 Å². The summed E-state index contributed by atoms with van der Waals surface area (Å²) in [6.45, 7) is 16.3. The summed E-state index contributed by atoms with van der Waals surface area (Å²) in [5.74, 6) is -0.457. The Hall–Kier alpha value is -7.11. The van der Waals surface area contributed by atoms with Crippen LogP contribution in [0.3, 0.4) is 0 Å². The second-order valence-corrected chi connectivity index (χ2v) is 12.1. The SMILES string of the molecule is [C-]#[N+]C([N+]#[C-])=c1nc2cc/c(=c3/ccc4nc(=C(C#N)C#N)n(C)c4c3-c3ccc(C(F)(F)F)cc3C(F)(F)F)c(-c3ccc(C(F)(F)F)cc3C)c2n1C. The minimum atomic E-state index is -5.37. The zero-order valence-corrected chi connectivity index (χ0v) is 28.3. The Kier molecular flexibility index (Phi) is 8.95. The van der Waals surface area contributed by atoms with E-state index in [0.29, 0.717) is 12.1 Å². The Balaban J connectivity index is 2.01. The first-order valence-electron chi connectivity index (χ1n) is 15.5. The Bertz CT molecular complexity index is 3000. The van der Waals surface area contributed by atoms with E-state index < -0.39 is 52.2 Å². The highest BCUT2D eigenvalue weighted by Gasteiger charge is 2.39. The maximum absolute atomic E-state index is 14.9. The maximum atomic E-state index is 14.9. The molecular weight excluding hydrogens is 739 g/mol. The molecule has 0 radical (unpaired) electrons. The normalized spacial score (nSPS) is 12.6. The Labute approximate surface area is 303 Å². The number of aryl methyl sites for hydroxylation is 3. The predicted octanol–water partition coefficient (Wildman–Crippen LogP) is 8.55. The van der Waals surface area contributed by atoms with Crippen LogP contribution < -0.4 is 11.0 Å². The highest BCUT2D eigenvalue weighted by Crippen LogP contribution is 2.44. The molecule has 6 aromatic rings. The molecule has 0 aliphatic rings.